The summed E-state index contributed by atoms with van der Waals surface area (Å²) in [5.74, 6) is 0.188. The number of carbonyl (C=O) groups is 1. The van der Waals surface area contributed by atoms with E-state index < -0.39 is 16.1 Å². The Bertz CT molecular complexity index is 1140. The summed E-state index contributed by atoms with van der Waals surface area (Å²) in [6.45, 7) is 1.71. The van der Waals surface area contributed by atoms with Crippen LogP contribution in [0.4, 0.5) is 10.1 Å². The summed E-state index contributed by atoms with van der Waals surface area (Å²) in [5, 5.41) is 2.93. The fourth-order valence-electron chi connectivity index (χ4n) is 5.10. The Morgan fingerprint density at radius 1 is 1.17 bits per heavy atom. The molecule has 0 radical (unpaired) electrons. The number of halogens is 1. The predicted octanol–water partition coefficient (Wildman–Crippen LogP) is 3.63. The van der Waals surface area contributed by atoms with E-state index in [0.29, 0.717) is 31.2 Å². The van der Waals surface area contributed by atoms with Crippen molar-refractivity contribution in [2.24, 2.45) is 5.92 Å². The second-order valence-electron chi connectivity index (χ2n) is 9.39. The summed E-state index contributed by atoms with van der Waals surface area (Å²) in [7, 11) is -2.43. The first-order valence-corrected chi connectivity index (χ1v) is 13.8. The second kappa shape index (κ2) is 11.4. The molecule has 2 N–H and O–H groups in total. The average Bonchev–Trinajstić information content (AvgIpc) is 3.26. The minimum Gasteiger partial charge on any atom is -0.497 e. The molecule has 2 aromatic rings. The standard InChI is InChI=1S/C26H34FN3O4S/c1-34-22-8-5-9-23(18-22)35(32,33)29-24(16-19-6-3-2-4-7-19)26(31)28-13-15-30-14-12-20-17-21(27)10-11-25(20)30/h5,8-11,17-19,24,29H,2-4,6-7,12-16H2,1H3,(H,28,31). The summed E-state index contributed by atoms with van der Waals surface area (Å²) in [6.07, 6.45) is 6.65. The van der Waals surface area contributed by atoms with Crippen molar-refractivity contribution in [3.63, 3.8) is 0 Å². The van der Waals surface area contributed by atoms with Crippen LogP contribution in [0, 0.1) is 11.7 Å². The number of rotatable bonds is 10. The van der Waals surface area contributed by atoms with Crippen LogP contribution in [0.25, 0.3) is 0 Å². The zero-order valence-electron chi connectivity index (χ0n) is 20.1. The highest BCUT2D eigenvalue weighted by molar-refractivity contribution is 7.89. The fourth-order valence-corrected chi connectivity index (χ4v) is 6.34. The lowest BCUT2D eigenvalue weighted by atomic mass is 9.85. The van der Waals surface area contributed by atoms with Crippen LogP contribution >= 0.6 is 0 Å². The van der Waals surface area contributed by atoms with Gasteiger partial charge in [-0.25, -0.2) is 12.8 Å². The molecule has 190 valence electrons. The van der Waals surface area contributed by atoms with E-state index in [-0.39, 0.29) is 16.6 Å². The summed E-state index contributed by atoms with van der Waals surface area (Å²) in [4.78, 5) is 15.4. The smallest absolute Gasteiger partial charge is 0.241 e. The lowest BCUT2D eigenvalue weighted by Gasteiger charge is -2.27. The third-order valence-electron chi connectivity index (χ3n) is 6.97. The van der Waals surface area contributed by atoms with Gasteiger partial charge in [-0.1, -0.05) is 38.2 Å². The molecule has 2 aromatic carbocycles. The largest absolute Gasteiger partial charge is 0.497 e. The maximum atomic E-state index is 13.5. The van der Waals surface area contributed by atoms with Crippen LogP contribution in [-0.2, 0) is 21.2 Å². The van der Waals surface area contributed by atoms with Gasteiger partial charge in [-0.05, 0) is 54.7 Å². The first-order valence-electron chi connectivity index (χ1n) is 12.3. The molecule has 1 aliphatic heterocycles. The van der Waals surface area contributed by atoms with E-state index in [2.05, 4.69) is 14.9 Å². The quantitative estimate of drug-likeness (QED) is 0.517. The van der Waals surface area contributed by atoms with E-state index in [1.54, 1.807) is 24.3 Å². The normalized spacial score (nSPS) is 17.1. The predicted molar refractivity (Wildman–Crippen MR) is 134 cm³/mol. The van der Waals surface area contributed by atoms with Gasteiger partial charge in [0.15, 0.2) is 0 Å². The molecule has 2 aliphatic rings. The molecule has 1 amide bonds. The van der Waals surface area contributed by atoms with Crippen LogP contribution in [0.15, 0.2) is 47.4 Å². The lowest BCUT2D eigenvalue weighted by Crippen LogP contribution is -2.49. The Hall–Kier alpha value is -2.65. The molecule has 1 saturated carbocycles. The molecule has 1 fully saturated rings. The van der Waals surface area contributed by atoms with Gasteiger partial charge in [-0.15, -0.1) is 0 Å². The zero-order valence-corrected chi connectivity index (χ0v) is 21.0. The van der Waals surface area contributed by atoms with Crippen molar-refractivity contribution in [2.45, 2.75) is 55.9 Å². The minimum atomic E-state index is -3.91. The minimum absolute atomic E-state index is 0.0687. The molecule has 35 heavy (non-hydrogen) atoms. The molecule has 1 aliphatic carbocycles. The number of carbonyl (C=O) groups excluding carboxylic acids is 1. The van der Waals surface area contributed by atoms with Gasteiger partial charge < -0.3 is 15.0 Å². The van der Waals surface area contributed by atoms with E-state index in [0.717, 1.165) is 49.9 Å². The van der Waals surface area contributed by atoms with Gasteiger partial charge in [0.1, 0.15) is 17.6 Å². The van der Waals surface area contributed by atoms with Crippen LogP contribution in [0.5, 0.6) is 5.75 Å². The van der Waals surface area contributed by atoms with E-state index >= 15 is 0 Å². The number of benzene rings is 2. The number of nitrogens with zero attached hydrogens (tertiary/aromatic N) is 1. The highest BCUT2D eigenvalue weighted by Crippen LogP contribution is 2.29. The third-order valence-corrected chi connectivity index (χ3v) is 8.44. The monoisotopic (exact) mass is 503 g/mol. The first kappa shape index (κ1) is 25.4. The third kappa shape index (κ3) is 6.52. The van der Waals surface area contributed by atoms with E-state index in [1.165, 1.54) is 31.7 Å². The number of ether oxygens (including phenoxy) is 1. The highest BCUT2D eigenvalue weighted by atomic mass is 32.2. The maximum Gasteiger partial charge on any atom is 0.241 e. The molecule has 0 aromatic heterocycles. The van der Waals surface area contributed by atoms with Crippen LogP contribution in [-0.4, -0.2) is 47.1 Å². The van der Waals surface area contributed by atoms with E-state index in [9.17, 15) is 17.6 Å². The first-order chi connectivity index (χ1) is 16.9. The number of hydrogen-bond acceptors (Lipinski definition) is 5. The lowest BCUT2D eigenvalue weighted by molar-refractivity contribution is -0.123. The van der Waals surface area contributed by atoms with Gasteiger partial charge in [0.05, 0.1) is 12.0 Å². The number of amides is 1. The van der Waals surface area contributed by atoms with Crippen molar-refractivity contribution in [2.75, 3.05) is 31.6 Å². The van der Waals surface area contributed by atoms with Gasteiger partial charge in [0, 0.05) is 31.4 Å². The molecule has 1 heterocycles. The van der Waals surface area contributed by atoms with Crippen molar-refractivity contribution in [1.29, 1.82) is 0 Å². The molecule has 0 spiro atoms. The molecule has 9 heteroatoms. The molecule has 4 rings (SSSR count). The summed E-state index contributed by atoms with van der Waals surface area (Å²) >= 11 is 0. The molecular formula is C26H34FN3O4S. The SMILES string of the molecule is COc1cccc(S(=O)(=O)NC(CC2CCCCC2)C(=O)NCCN2CCc3cc(F)ccc32)c1. The van der Waals surface area contributed by atoms with E-state index in [4.69, 9.17) is 4.74 Å². The summed E-state index contributed by atoms with van der Waals surface area (Å²) in [5.41, 5.74) is 1.95. The highest BCUT2D eigenvalue weighted by Gasteiger charge is 2.29. The molecule has 0 saturated heterocycles. The number of fused-ring (bicyclic) bond motifs is 1. The Morgan fingerprint density at radius 2 is 1.97 bits per heavy atom. The Labute approximate surface area is 207 Å². The van der Waals surface area contributed by atoms with Gasteiger partial charge >= 0.3 is 0 Å². The molecule has 1 atom stereocenters. The Kier molecular flexibility index (Phi) is 8.28. The van der Waals surface area contributed by atoms with Gasteiger partial charge in [0.2, 0.25) is 15.9 Å². The molecular weight excluding hydrogens is 469 g/mol. The van der Waals surface area contributed by atoms with Crippen LogP contribution in [0.3, 0.4) is 0 Å². The Morgan fingerprint density at radius 3 is 2.74 bits per heavy atom. The number of nitrogens with one attached hydrogen (secondary N) is 2. The van der Waals surface area contributed by atoms with Gasteiger partial charge in [-0.3, -0.25) is 4.79 Å². The number of anilines is 1. The van der Waals surface area contributed by atoms with Crippen molar-refractivity contribution in [3.8, 4) is 5.75 Å². The van der Waals surface area contributed by atoms with Crippen LogP contribution in [0.1, 0.15) is 44.1 Å². The maximum absolute atomic E-state index is 13.5. The van der Waals surface area contributed by atoms with Crippen molar-refractivity contribution < 1.29 is 22.3 Å². The number of methoxy groups -OCH3 is 1. The van der Waals surface area contributed by atoms with E-state index in [1.807, 2.05) is 0 Å². The van der Waals surface area contributed by atoms with Crippen molar-refractivity contribution in [3.05, 3.63) is 53.8 Å². The second-order valence-corrected chi connectivity index (χ2v) is 11.1. The number of hydrogen-bond donors (Lipinski definition) is 2. The van der Waals surface area contributed by atoms with Crippen LogP contribution in [0.2, 0.25) is 0 Å². The molecule has 1 unspecified atom stereocenters. The van der Waals surface area contributed by atoms with Crippen LogP contribution < -0.4 is 19.7 Å². The fraction of sp³-hybridized carbons (Fsp3) is 0.500. The molecule has 7 nitrogen and oxygen atoms in total. The zero-order chi connectivity index (χ0) is 24.8. The average molecular weight is 504 g/mol. The van der Waals surface area contributed by atoms with Crippen molar-refractivity contribution in [1.82, 2.24) is 10.0 Å². The molecule has 0 bridgehead atoms. The van der Waals surface area contributed by atoms with Crippen molar-refractivity contribution >= 4 is 21.6 Å². The Balaban J connectivity index is 1.41. The summed E-state index contributed by atoms with van der Waals surface area (Å²) in [6, 6.07) is 10.2. The van der Waals surface area contributed by atoms with Gasteiger partial charge in [0.25, 0.3) is 0 Å². The topological polar surface area (TPSA) is 87.7 Å². The number of sulfonamides is 1. The summed E-state index contributed by atoms with van der Waals surface area (Å²) < 4.78 is 47.5. The van der Waals surface area contributed by atoms with Gasteiger partial charge in [-0.2, -0.15) is 4.72 Å².